The van der Waals surface area contributed by atoms with Crippen LogP contribution in [0.2, 0.25) is 0 Å². The zero-order valence-corrected chi connectivity index (χ0v) is 18.8. The number of nitrogens with one attached hydrogen (secondary N) is 1. The van der Waals surface area contributed by atoms with Crippen LogP contribution in [0.4, 0.5) is 10.1 Å². The molecule has 1 aliphatic rings. The summed E-state index contributed by atoms with van der Waals surface area (Å²) >= 11 is 0. The number of anilines is 1. The van der Waals surface area contributed by atoms with Gasteiger partial charge in [-0.1, -0.05) is 42.5 Å². The molecule has 2 amide bonds. The second-order valence-corrected chi connectivity index (χ2v) is 8.41. The number of benzene rings is 2. The first-order valence-corrected chi connectivity index (χ1v) is 11.4. The molecule has 1 N–H and O–H groups in total. The number of hydrogen-bond acceptors (Lipinski definition) is 4. The quantitative estimate of drug-likeness (QED) is 0.504. The number of hydrogen-bond donors (Lipinski definition) is 1. The molecule has 2 aromatic carbocycles. The van der Waals surface area contributed by atoms with E-state index in [9.17, 15) is 18.8 Å². The molecule has 1 atom stereocenters. The van der Waals surface area contributed by atoms with Crippen molar-refractivity contribution in [1.82, 2.24) is 14.7 Å². The van der Waals surface area contributed by atoms with Gasteiger partial charge >= 0.3 is 0 Å². The van der Waals surface area contributed by atoms with Crippen molar-refractivity contribution in [3.05, 3.63) is 83.9 Å². The largest absolute Gasteiger partial charge is 0.334 e. The van der Waals surface area contributed by atoms with Gasteiger partial charge in [-0.3, -0.25) is 19.1 Å². The number of rotatable bonds is 8. The van der Waals surface area contributed by atoms with Crippen molar-refractivity contribution < 1.29 is 18.8 Å². The number of carbonyl (C=O) groups is 3. The van der Waals surface area contributed by atoms with Gasteiger partial charge in [-0.05, 0) is 37.0 Å². The van der Waals surface area contributed by atoms with Gasteiger partial charge in [0.1, 0.15) is 12.4 Å². The van der Waals surface area contributed by atoms with E-state index in [0.717, 1.165) is 24.8 Å². The molecule has 2 heterocycles. The second-order valence-electron chi connectivity index (χ2n) is 8.41. The third kappa shape index (κ3) is 5.95. The predicted molar refractivity (Wildman–Crippen MR) is 126 cm³/mol. The van der Waals surface area contributed by atoms with Crippen LogP contribution in [0.3, 0.4) is 0 Å². The number of Topliss-reactive ketones (excluding diaryl/α,β-unsaturated/α-hetero) is 1. The van der Waals surface area contributed by atoms with Crippen molar-refractivity contribution in [1.29, 1.82) is 0 Å². The van der Waals surface area contributed by atoms with E-state index in [1.807, 2.05) is 11.0 Å². The van der Waals surface area contributed by atoms with Crippen LogP contribution in [0.1, 0.15) is 54.1 Å². The fraction of sp³-hybridized carbons (Fsp3) is 0.308. The van der Waals surface area contributed by atoms with Crippen LogP contribution in [-0.2, 0) is 16.1 Å². The maximum atomic E-state index is 13.3. The summed E-state index contributed by atoms with van der Waals surface area (Å²) in [5.74, 6) is -0.756. The molecule has 1 aromatic heterocycles. The van der Waals surface area contributed by atoms with Crippen LogP contribution >= 0.6 is 0 Å². The summed E-state index contributed by atoms with van der Waals surface area (Å²) in [6, 6.07) is 15.1. The van der Waals surface area contributed by atoms with Crippen molar-refractivity contribution in [2.45, 2.75) is 44.7 Å². The van der Waals surface area contributed by atoms with Crippen molar-refractivity contribution in [2.75, 3.05) is 11.9 Å². The topological polar surface area (TPSA) is 84.3 Å². The number of halogens is 1. The zero-order valence-electron chi connectivity index (χ0n) is 18.8. The molecule has 0 bridgehead atoms. The molecule has 0 aliphatic carbocycles. The first-order chi connectivity index (χ1) is 16.5. The minimum Gasteiger partial charge on any atom is -0.334 e. The van der Waals surface area contributed by atoms with Crippen LogP contribution in [-0.4, -0.2) is 38.8 Å². The Kier molecular flexibility index (Phi) is 7.47. The summed E-state index contributed by atoms with van der Waals surface area (Å²) in [5, 5.41) is 6.92. The first-order valence-electron chi connectivity index (χ1n) is 11.4. The van der Waals surface area contributed by atoms with Gasteiger partial charge in [0.15, 0.2) is 5.78 Å². The van der Waals surface area contributed by atoms with Gasteiger partial charge in [0, 0.05) is 31.1 Å². The Labute approximate surface area is 197 Å². The van der Waals surface area contributed by atoms with Gasteiger partial charge in [0.05, 0.1) is 17.9 Å². The third-order valence-corrected chi connectivity index (χ3v) is 5.97. The van der Waals surface area contributed by atoms with E-state index in [1.165, 1.54) is 23.0 Å². The van der Waals surface area contributed by atoms with Crippen LogP contribution in [0.25, 0.3) is 0 Å². The van der Waals surface area contributed by atoms with Gasteiger partial charge in [0.2, 0.25) is 11.8 Å². The summed E-state index contributed by atoms with van der Waals surface area (Å²) in [5.41, 5.74) is 1.98. The molecule has 1 fully saturated rings. The van der Waals surface area contributed by atoms with Gasteiger partial charge in [-0.25, -0.2) is 4.39 Å². The highest BCUT2D eigenvalue weighted by molar-refractivity contribution is 5.99. The lowest BCUT2D eigenvalue weighted by Crippen LogP contribution is -2.40. The molecule has 4 rings (SSSR count). The molecule has 8 heteroatoms. The summed E-state index contributed by atoms with van der Waals surface area (Å²) < 4.78 is 14.8. The Balaban J connectivity index is 1.31. The maximum absolute atomic E-state index is 13.3. The molecule has 34 heavy (non-hydrogen) atoms. The van der Waals surface area contributed by atoms with E-state index in [0.29, 0.717) is 17.8 Å². The number of carbonyl (C=O) groups excluding carboxylic acids is 3. The Hall–Kier alpha value is -3.81. The molecule has 3 aromatic rings. The Morgan fingerprint density at radius 3 is 2.53 bits per heavy atom. The van der Waals surface area contributed by atoms with Crippen molar-refractivity contribution in [3.8, 4) is 0 Å². The number of aromatic nitrogens is 2. The molecule has 7 nitrogen and oxygen atoms in total. The SMILES string of the molecule is O=C(CCC(=O)c1ccccc1)Nc1cnn(CC(=O)N2CCCC[C@@H]2c2ccc(F)cc2)c1. The standard InChI is InChI=1S/C26H27FN4O3/c27-21-11-9-19(10-12-21)23-8-4-5-15-31(23)26(34)18-30-17-22(16-28-30)29-25(33)14-13-24(32)20-6-2-1-3-7-20/h1-3,6-7,9-12,16-17,23H,4-5,8,13-15,18H2,(H,29,33)/t23-/m1/s1. The lowest BCUT2D eigenvalue weighted by atomic mass is 9.95. The molecule has 0 spiro atoms. The minimum atomic E-state index is -0.298. The van der Waals surface area contributed by atoms with E-state index in [1.54, 1.807) is 42.6 Å². The number of piperidine rings is 1. The monoisotopic (exact) mass is 462 g/mol. The van der Waals surface area contributed by atoms with Crippen molar-refractivity contribution in [3.63, 3.8) is 0 Å². The summed E-state index contributed by atoms with van der Waals surface area (Å²) in [4.78, 5) is 39.3. The second kappa shape index (κ2) is 10.9. The van der Waals surface area contributed by atoms with E-state index in [-0.39, 0.29) is 48.8 Å². The highest BCUT2D eigenvalue weighted by Gasteiger charge is 2.28. The van der Waals surface area contributed by atoms with Gasteiger partial charge < -0.3 is 10.2 Å². The number of ketones is 1. The van der Waals surface area contributed by atoms with Gasteiger partial charge in [-0.2, -0.15) is 5.10 Å². The van der Waals surface area contributed by atoms with Crippen LogP contribution in [0.5, 0.6) is 0 Å². The predicted octanol–water partition coefficient (Wildman–Crippen LogP) is 4.38. The smallest absolute Gasteiger partial charge is 0.244 e. The Morgan fingerprint density at radius 2 is 1.76 bits per heavy atom. The number of amides is 2. The van der Waals surface area contributed by atoms with Gasteiger partial charge in [0.25, 0.3) is 0 Å². The normalized spacial score (nSPS) is 15.7. The van der Waals surface area contributed by atoms with E-state index in [2.05, 4.69) is 10.4 Å². The highest BCUT2D eigenvalue weighted by atomic mass is 19.1. The van der Waals surface area contributed by atoms with Crippen LogP contribution < -0.4 is 5.32 Å². The van der Waals surface area contributed by atoms with E-state index in [4.69, 9.17) is 0 Å². The maximum Gasteiger partial charge on any atom is 0.244 e. The number of nitrogens with zero attached hydrogens (tertiary/aromatic N) is 3. The molecule has 0 unspecified atom stereocenters. The molecule has 176 valence electrons. The molecule has 0 saturated carbocycles. The third-order valence-electron chi connectivity index (χ3n) is 5.97. The van der Waals surface area contributed by atoms with Crippen LogP contribution in [0.15, 0.2) is 67.0 Å². The fourth-order valence-corrected chi connectivity index (χ4v) is 4.22. The van der Waals surface area contributed by atoms with Gasteiger partial charge in [-0.15, -0.1) is 0 Å². The number of likely N-dealkylation sites (tertiary alicyclic amines) is 1. The average molecular weight is 463 g/mol. The van der Waals surface area contributed by atoms with Crippen molar-refractivity contribution in [2.24, 2.45) is 0 Å². The zero-order chi connectivity index (χ0) is 23.9. The molecule has 1 aliphatic heterocycles. The molecular formula is C26H27FN4O3. The lowest BCUT2D eigenvalue weighted by Gasteiger charge is -2.36. The Bertz CT molecular complexity index is 1140. The molecule has 1 saturated heterocycles. The Morgan fingerprint density at radius 1 is 1.00 bits per heavy atom. The lowest BCUT2D eigenvalue weighted by molar-refractivity contribution is -0.136. The van der Waals surface area contributed by atoms with E-state index >= 15 is 0 Å². The summed E-state index contributed by atoms with van der Waals surface area (Å²) in [7, 11) is 0. The fourth-order valence-electron chi connectivity index (χ4n) is 4.22. The average Bonchev–Trinajstić information content (AvgIpc) is 3.30. The molecular weight excluding hydrogens is 435 g/mol. The highest BCUT2D eigenvalue weighted by Crippen LogP contribution is 2.31. The summed E-state index contributed by atoms with van der Waals surface area (Å²) in [6.45, 7) is 0.682. The molecule has 0 radical (unpaired) electrons. The van der Waals surface area contributed by atoms with Crippen LogP contribution in [0, 0.1) is 5.82 Å². The minimum absolute atomic E-state index is 0.0417. The van der Waals surface area contributed by atoms with Crippen molar-refractivity contribution >= 4 is 23.3 Å². The van der Waals surface area contributed by atoms with E-state index < -0.39 is 0 Å². The first kappa shape index (κ1) is 23.4. The summed E-state index contributed by atoms with van der Waals surface area (Å²) in [6.07, 6.45) is 6.03.